The van der Waals surface area contributed by atoms with Crippen LogP contribution in [0.4, 0.5) is 4.39 Å². The van der Waals surface area contributed by atoms with Crippen LogP contribution in [0, 0.1) is 5.82 Å². The molecule has 0 N–H and O–H groups in total. The summed E-state index contributed by atoms with van der Waals surface area (Å²) in [6.45, 7) is 9.60. The maximum Gasteiger partial charge on any atom is 0.165 e. The second-order valence-corrected chi connectivity index (χ2v) is 12.5. The Hall–Kier alpha value is -2.59. The Bertz CT molecular complexity index is 923. The van der Waals surface area contributed by atoms with Crippen LogP contribution in [0.15, 0.2) is 72.8 Å². The first-order chi connectivity index (χ1) is 14.0. The average molecular weight is 409 g/mol. The summed E-state index contributed by atoms with van der Waals surface area (Å²) in [5, 5.41) is 1.36. The molecule has 1 unspecified atom stereocenters. The monoisotopic (exact) mass is 408 g/mol. The van der Waals surface area contributed by atoms with Crippen LogP contribution < -0.4 is 14.7 Å². The normalized spacial score (nSPS) is 12.4. The third kappa shape index (κ3) is 4.88. The fourth-order valence-corrected chi connectivity index (χ4v) is 7.40. The van der Waals surface area contributed by atoms with Gasteiger partial charge < -0.3 is 9.47 Å². The minimum Gasteiger partial charge on any atom is -0.494 e. The van der Waals surface area contributed by atoms with Gasteiger partial charge in [-0.15, -0.1) is 0 Å². The Morgan fingerprint density at radius 3 is 2.17 bits per heavy atom. The van der Waals surface area contributed by atoms with Crippen LogP contribution in [0.3, 0.4) is 0 Å². The van der Waals surface area contributed by atoms with E-state index in [0.29, 0.717) is 17.9 Å². The molecule has 152 valence electrons. The van der Waals surface area contributed by atoms with Crippen molar-refractivity contribution >= 4 is 13.3 Å². The number of halogens is 1. The van der Waals surface area contributed by atoms with E-state index < -0.39 is 8.07 Å². The highest BCUT2D eigenvalue weighted by Crippen LogP contribution is 2.34. The van der Waals surface area contributed by atoms with Crippen molar-refractivity contribution in [3.63, 3.8) is 0 Å². The lowest BCUT2D eigenvalue weighted by molar-refractivity contribution is 0.340. The van der Waals surface area contributed by atoms with Crippen molar-refractivity contribution in [3.05, 3.63) is 84.2 Å². The largest absolute Gasteiger partial charge is 0.494 e. The SMILES string of the molecule is CCOc1ccc([Si](C)(C)C(CC)c2ccc(F)c(Oc3ccccc3)c2)cc1. The van der Waals surface area contributed by atoms with Crippen molar-refractivity contribution in [3.8, 4) is 17.2 Å². The molecule has 3 aromatic carbocycles. The van der Waals surface area contributed by atoms with Gasteiger partial charge in [-0.05, 0) is 54.4 Å². The lowest BCUT2D eigenvalue weighted by Gasteiger charge is -2.33. The number of hydrogen-bond donors (Lipinski definition) is 0. The van der Waals surface area contributed by atoms with Gasteiger partial charge in [-0.25, -0.2) is 4.39 Å². The van der Waals surface area contributed by atoms with Crippen LogP contribution in [0.5, 0.6) is 17.2 Å². The highest BCUT2D eigenvalue weighted by Gasteiger charge is 2.34. The van der Waals surface area contributed by atoms with E-state index in [0.717, 1.165) is 17.7 Å². The van der Waals surface area contributed by atoms with Crippen LogP contribution in [0.1, 0.15) is 31.4 Å². The maximum absolute atomic E-state index is 14.4. The van der Waals surface area contributed by atoms with Crippen molar-refractivity contribution in [2.75, 3.05) is 6.61 Å². The third-order valence-corrected chi connectivity index (χ3v) is 9.82. The van der Waals surface area contributed by atoms with Gasteiger partial charge in [0.05, 0.1) is 14.7 Å². The van der Waals surface area contributed by atoms with E-state index in [2.05, 4.69) is 44.3 Å². The highest BCUT2D eigenvalue weighted by atomic mass is 28.3. The fourth-order valence-electron chi connectivity index (χ4n) is 3.94. The molecular weight excluding hydrogens is 379 g/mol. The molecule has 29 heavy (non-hydrogen) atoms. The Morgan fingerprint density at radius 1 is 0.862 bits per heavy atom. The van der Waals surface area contributed by atoms with E-state index in [9.17, 15) is 4.39 Å². The first kappa shape index (κ1) is 21.1. The third-order valence-electron chi connectivity index (χ3n) is 5.52. The molecule has 0 bridgehead atoms. The zero-order chi connectivity index (χ0) is 20.9. The molecule has 2 nitrogen and oxygen atoms in total. The summed E-state index contributed by atoms with van der Waals surface area (Å²) < 4.78 is 25.8. The minimum atomic E-state index is -1.86. The van der Waals surface area contributed by atoms with Crippen LogP contribution in [-0.2, 0) is 0 Å². The first-order valence-corrected chi connectivity index (χ1v) is 13.3. The summed E-state index contributed by atoms with van der Waals surface area (Å²) in [5.41, 5.74) is 1.48. The van der Waals surface area contributed by atoms with Gasteiger partial charge in [0.15, 0.2) is 11.6 Å². The zero-order valence-corrected chi connectivity index (χ0v) is 18.6. The summed E-state index contributed by atoms with van der Waals surface area (Å²) in [7, 11) is -1.86. The standard InChI is InChI=1S/C25H29FO2Si/c1-5-25(29(3,4)22-15-13-20(14-16-22)27-6-2)19-12-17-23(26)24(18-19)28-21-10-8-7-9-11-21/h7-18,25H,5-6H2,1-4H3. The van der Waals surface area contributed by atoms with Gasteiger partial charge in [0.2, 0.25) is 0 Å². The molecule has 0 aromatic heterocycles. The average Bonchev–Trinajstić information content (AvgIpc) is 2.72. The van der Waals surface area contributed by atoms with Gasteiger partial charge in [0.25, 0.3) is 0 Å². The number of rotatable bonds is 8. The molecule has 0 aliphatic heterocycles. The Labute approximate surface area is 174 Å². The van der Waals surface area contributed by atoms with Crippen molar-refractivity contribution in [1.29, 1.82) is 0 Å². The molecular formula is C25H29FO2Si. The smallest absolute Gasteiger partial charge is 0.165 e. The molecule has 0 spiro atoms. The molecule has 4 heteroatoms. The van der Waals surface area contributed by atoms with E-state index >= 15 is 0 Å². The van der Waals surface area contributed by atoms with Crippen LogP contribution in [0.25, 0.3) is 0 Å². The van der Waals surface area contributed by atoms with Gasteiger partial charge in [-0.2, -0.15) is 0 Å². The lowest BCUT2D eigenvalue weighted by Crippen LogP contribution is -2.47. The van der Waals surface area contributed by atoms with Gasteiger partial charge in [0, 0.05) is 0 Å². The van der Waals surface area contributed by atoms with E-state index in [1.54, 1.807) is 0 Å². The summed E-state index contributed by atoms with van der Waals surface area (Å²) in [6, 6.07) is 23.1. The summed E-state index contributed by atoms with van der Waals surface area (Å²) >= 11 is 0. The Kier molecular flexibility index (Phi) is 6.75. The van der Waals surface area contributed by atoms with Gasteiger partial charge in [-0.3, -0.25) is 0 Å². The van der Waals surface area contributed by atoms with E-state index in [-0.39, 0.29) is 11.6 Å². The van der Waals surface area contributed by atoms with Crippen LogP contribution in [0.2, 0.25) is 13.1 Å². The molecule has 0 saturated carbocycles. The van der Waals surface area contributed by atoms with E-state index in [1.807, 2.05) is 49.4 Å². The topological polar surface area (TPSA) is 18.5 Å². The van der Waals surface area contributed by atoms with E-state index in [1.165, 1.54) is 11.3 Å². The quantitative estimate of drug-likeness (QED) is 0.388. The fraction of sp³-hybridized carbons (Fsp3) is 0.280. The summed E-state index contributed by atoms with van der Waals surface area (Å²) in [4.78, 5) is 0. The lowest BCUT2D eigenvalue weighted by atomic mass is 10.1. The predicted octanol–water partition coefficient (Wildman–Crippen LogP) is 6.67. The molecule has 3 rings (SSSR count). The predicted molar refractivity (Wildman–Crippen MR) is 121 cm³/mol. The molecule has 1 atom stereocenters. The molecule has 0 aliphatic rings. The summed E-state index contributed by atoms with van der Waals surface area (Å²) in [6.07, 6.45) is 0.989. The number of benzene rings is 3. The van der Waals surface area contributed by atoms with Crippen molar-refractivity contribution < 1.29 is 13.9 Å². The van der Waals surface area contributed by atoms with Crippen molar-refractivity contribution in [1.82, 2.24) is 0 Å². The first-order valence-electron chi connectivity index (χ1n) is 10.2. The Balaban J connectivity index is 1.91. The van der Waals surface area contributed by atoms with Crippen LogP contribution in [-0.4, -0.2) is 14.7 Å². The minimum absolute atomic E-state index is 0.281. The van der Waals surface area contributed by atoms with E-state index in [4.69, 9.17) is 9.47 Å². The number of para-hydroxylation sites is 1. The maximum atomic E-state index is 14.4. The molecule has 0 radical (unpaired) electrons. The molecule has 0 aliphatic carbocycles. The second kappa shape index (κ2) is 9.27. The summed E-state index contributed by atoms with van der Waals surface area (Å²) in [5.74, 6) is 1.48. The molecule has 3 aromatic rings. The molecule has 0 heterocycles. The van der Waals surface area contributed by atoms with Crippen molar-refractivity contribution in [2.45, 2.75) is 38.9 Å². The molecule has 0 amide bonds. The van der Waals surface area contributed by atoms with Crippen LogP contribution >= 0.6 is 0 Å². The van der Waals surface area contributed by atoms with Crippen molar-refractivity contribution in [2.24, 2.45) is 0 Å². The highest BCUT2D eigenvalue weighted by molar-refractivity contribution is 6.90. The number of ether oxygens (including phenoxy) is 2. The zero-order valence-electron chi connectivity index (χ0n) is 17.6. The second-order valence-electron chi connectivity index (χ2n) is 7.74. The van der Waals surface area contributed by atoms with Gasteiger partial charge >= 0.3 is 0 Å². The molecule has 0 fully saturated rings. The number of hydrogen-bond acceptors (Lipinski definition) is 2. The Morgan fingerprint density at radius 2 is 1.55 bits per heavy atom. The van der Waals surface area contributed by atoms with Gasteiger partial charge in [0.1, 0.15) is 11.5 Å². The van der Waals surface area contributed by atoms with Gasteiger partial charge in [-0.1, -0.05) is 68.0 Å². The molecule has 0 saturated heterocycles.